The Labute approximate surface area is 105 Å². The van der Waals surface area contributed by atoms with Gasteiger partial charge in [0.05, 0.1) is 22.2 Å². The number of amides is 1. The van der Waals surface area contributed by atoms with E-state index >= 15 is 0 Å². The Morgan fingerprint density at radius 3 is 2.75 bits per heavy atom. The molecule has 1 rings (SSSR count). The van der Waals surface area contributed by atoms with Crippen molar-refractivity contribution < 1.29 is 4.79 Å². The molecule has 0 heterocycles. The van der Waals surface area contributed by atoms with Crippen molar-refractivity contribution in [2.24, 2.45) is 0 Å². The Morgan fingerprint density at radius 1 is 1.50 bits per heavy atom. The molecule has 0 aliphatic rings. The summed E-state index contributed by atoms with van der Waals surface area (Å²) in [7, 11) is 0. The van der Waals surface area contributed by atoms with Gasteiger partial charge in [0.1, 0.15) is 0 Å². The van der Waals surface area contributed by atoms with Crippen LogP contribution in [0.3, 0.4) is 0 Å². The van der Waals surface area contributed by atoms with Crippen molar-refractivity contribution in [2.75, 3.05) is 13.1 Å². The summed E-state index contributed by atoms with van der Waals surface area (Å²) in [5, 5.41) is 0.633. The molecule has 0 aliphatic carbocycles. The van der Waals surface area contributed by atoms with Gasteiger partial charge in [-0.1, -0.05) is 35.2 Å². The molecule has 1 aromatic carbocycles. The van der Waals surface area contributed by atoms with E-state index in [0.717, 1.165) is 0 Å². The lowest BCUT2D eigenvalue weighted by Gasteiger charge is -2.18. The molecule has 0 saturated carbocycles. The van der Waals surface area contributed by atoms with Gasteiger partial charge in [0, 0.05) is 6.54 Å². The van der Waals surface area contributed by atoms with Crippen LogP contribution in [0.4, 0.5) is 0 Å². The molecular weight excluding hydrogens is 245 g/mol. The molecule has 0 spiro atoms. The van der Waals surface area contributed by atoms with Crippen molar-refractivity contribution in [3.63, 3.8) is 0 Å². The molecule has 1 aromatic rings. The first-order chi connectivity index (χ1) is 7.61. The van der Waals surface area contributed by atoms with Crippen LogP contribution in [0.15, 0.2) is 18.2 Å². The van der Waals surface area contributed by atoms with Crippen LogP contribution >= 0.6 is 23.2 Å². The van der Waals surface area contributed by atoms with Gasteiger partial charge < -0.3 is 4.90 Å². The summed E-state index contributed by atoms with van der Waals surface area (Å²) < 4.78 is 0. The Bertz CT molecular complexity index is 437. The number of benzene rings is 1. The molecule has 0 radical (unpaired) electrons. The smallest absolute Gasteiger partial charge is 0.256 e. The Balaban J connectivity index is 3.05. The maximum Gasteiger partial charge on any atom is 0.256 e. The molecule has 0 aromatic heterocycles. The summed E-state index contributed by atoms with van der Waals surface area (Å²) in [6, 6.07) is 4.96. The maximum absolute atomic E-state index is 12.0. The van der Waals surface area contributed by atoms with E-state index in [2.05, 4.69) is 5.92 Å². The normalized spacial score (nSPS) is 9.62. The standard InChI is InChI=1S/C12H11Cl2NO/c1-3-8-15(4-2)12(16)9-6-5-7-10(13)11(9)14/h1,5-7H,4,8H2,2H3. The predicted molar refractivity (Wildman–Crippen MR) is 66.9 cm³/mol. The van der Waals surface area contributed by atoms with Gasteiger partial charge in [-0.25, -0.2) is 0 Å². The molecule has 0 N–H and O–H groups in total. The number of carbonyl (C=O) groups excluding carboxylic acids is 1. The summed E-state index contributed by atoms with van der Waals surface area (Å²) >= 11 is 11.8. The second kappa shape index (κ2) is 5.79. The number of hydrogen-bond acceptors (Lipinski definition) is 1. The average molecular weight is 256 g/mol. The quantitative estimate of drug-likeness (QED) is 0.761. The van der Waals surface area contributed by atoms with Gasteiger partial charge in [-0.05, 0) is 19.1 Å². The summed E-state index contributed by atoms with van der Waals surface area (Å²) in [5.41, 5.74) is 0.381. The number of hydrogen-bond donors (Lipinski definition) is 0. The molecule has 0 aliphatic heterocycles. The number of nitrogens with zero attached hydrogens (tertiary/aromatic N) is 1. The van der Waals surface area contributed by atoms with E-state index in [1.54, 1.807) is 18.2 Å². The molecule has 2 nitrogen and oxygen atoms in total. The Morgan fingerprint density at radius 2 is 2.19 bits per heavy atom. The second-order valence-electron chi connectivity index (χ2n) is 3.12. The number of terminal acetylenes is 1. The predicted octanol–water partition coefficient (Wildman–Crippen LogP) is 3.09. The van der Waals surface area contributed by atoms with Crippen molar-refractivity contribution >= 4 is 29.1 Å². The highest BCUT2D eigenvalue weighted by Crippen LogP contribution is 2.26. The lowest BCUT2D eigenvalue weighted by atomic mass is 10.2. The van der Waals surface area contributed by atoms with Crippen LogP contribution < -0.4 is 0 Å². The number of halogens is 2. The Hall–Kier alpha value is -1.17. The highest BCUT2D eigenvalue weighted by atomic mass is 35.5. The van der Waals surface area contributed by atoms with Gasteiger partial charge in [0.15, 0.2) is 0 Å². The molecule has 0 fully saturated rings. The fourth-order valence-corrected chi connectivity index (χ4v) is 1.66. The first kappa shape index (κ1) is 12.9. The second-order valence-corrected chi connectivity index (χ2v) is 3.91. The highest BCUT2D eigenvalue weighted by Gasteiger charge is 2.17. The van der Waals surface area contributed by atoms with Gasteiger partial charge in [-0.2, -0.15) is 0 Å². The molecule has 0 atom stereocenters. The van der Waals surface area contributed by atoms with Crippen LogP contribution in [-0.2, 0) is 0 Å². The summed E-state index contributed by atoms with van der Waals surface area (Å²) in [5.74, 6) is 2.23. The minimum absolute atomic E-state index is 0.201. The van der Waals surface area contributed by atoms with E-state index in [-0.39, 0.29) is 17.5 Å². The Kier molecular flexibility index (Phi) is 4.67. The van der Waals surface area contributed by atoms with Crippen LogP contribution in [0.1, 0.15) is 17.3 Å². The summed E-state index contributed by atoms with van der Waals surface area (Å²) in [6.45, 7) is 2.65. The van der Waals surface area contributed by atoms with Crippen LogP contribution in [0.2, 0.25) is 10.0 Å². The largest absolute Gasteiger partial charge is 0.328 e. The number of carbonyl (C=O) groups is 1. The zero-order valence-electron chi connectivity index (χ0n) is 8.84. The first-order valence-electron chi connectivity index (χ1n) is 4.78. The zero-order chi connectivity index (χ0) is 12.1. The van der Waals surface area contributed by atoms with E-state index in [9.17, 15) is 4.79 Å². The van der Waals surface area contributed by atoms with Crippen molar-refractivity contribution in [3.05, 3.63) is 33.8 Å². The third-order valence-corrected chi connectivity index (χ3v) is 2.95. The minimum Gasteiger partial charge on any atom is -0.328 e. The fraction of sp³-hybridized carbons (Fsp3) is 0.250. The lowest BCUT2D eigenvalue weighted by molar-refractivity contribution is 0.0785. The topological polar surface area (TPSA) is 20.3 Å². The van der Waals surface area contributed by atoms with E-state index in [0.29, 0.717) is 17.1 Å². The van der Waals surface area contributed by atoms with Crippen molar-refractivity contribution in [3.8, 4) is 12.3 Å². The summed E-state index contributed by atoms with van der Waals surface area (Å²) in [6.07, 6.45) is 5.19. The van der Waals surface area contributed by atoms with Crippen molar-refractivity contribution in [2.45, 2.75) is 6.92 Å². The summed E-state index contributed by atoms with van der Waals surface area (Å²) in [4.78, 5) is 13.6. The van der Waals surface area contributed by atoms with Crippen LogP contribution in [0.5, 0.6) is 0 Å². The van der Waals surface area contributed by atoms with Gasteiger partial charge in [-0.15, -0.1) is 6.42 Å². The van der Waals surface area contributed by atoms with E-state index in [1.807, 2.05) is 6.92 Å². The molecular formula is C12H11Cl2NO. The fourth-order valence-electron chi connectivity index (χ4n) is 1.28. The highest BCUT2D eigenvalue weighted by molar-refractivity contribution is 6.43. The molecule has 0 unspecified atom stereocenters. The molecule has 1 amide bonds. The molecule has 0 bridgehead atoms. The lowest BCUT2D eigenvalue weighted by Crippen LogP contribution is -2.31. The van der Waals surface area contributed by atoms with Gasteiger partial charge in [0.25, 0.3) is 5.91 Å². The molecule has 84 valence electrons. The van der Waals surface area contributed by atoms with E-state index in [4.69, 9.17) is 29.6 Å². The van der Waals surface area contributed by atoms with Crippen LogP contribution in [0.25, 0.3) is 0 Å². The maximum atomic E-state index is 12.0. The van der Waals surface area contributed by atoms with E-state index < -0.39 is 0 Å². The number of rotatable bonds is 3. The van der Waals surface area contributed by atoms with Gasteiger partial charge in [-0.3, -0.25) is 4.79 Å². The van der Waals surface area contributed by atoms with Gasteiger partial charge >= 0.3 is 0 Å². The van der Waals surface area contributed by atoms with Crippen LogP contribution in [-0.4, -0.2) is 23.9 Å². The van der Waals surface area contributed by atoms with Gasteiger partial charge in [0.2, 0.25) is 0 Å². The monoisotopic (exact) mass is 255 g/mol. The molecule has 16 heavy (non-hydrogen) atoms. The third kappa shape index (κ3) is 2.69. The molecule has 4 heteroatoms. The van der Waals surface area contributed by atoms with Crippen molar-refractivity contribution in [1.82, 2.24) is 4.90 Å². The third-order valence-electron chi connectivity index (χ3n) is 2.13. The van der Waals surface area contributed by atoms with Crippen molar-refractivity contribution in [1.29, 1.82) is 0 Å². The zero-order valence-corrected chi connectivity index (χ0v) is 10.3. The SMILES string of the molecule is C#CCN(CC)C(=O)c1cccc(Cl)c1Cl. The first-order valence-corrected chi connectivity index (χ1v) is 5.54. The van der Waals surface area contributed by atoms with E-state index in [1.165, 1.54) is 4.90 Å². The van der Waals surface area contributed by atoms with Crippen LogP contribution in [0, 0.1) is 12.3 Å². The minimum atomic E-state index is -0.201. The molecule has 0 saturated heterocycles. The average Bonchev–Trinajstić information content (AvgIpc) is 2.29.